The van der Waals surface area contributed by atoms with Crippen molar-refractivity contribution in [2.75, 3.05) is 25.5 Å². The quantitative estimate of drug-likeness (QED) is 0.851. The van der Waals surface area contributed by atoms with Crippen molar-refractivity contribution in [3.8, 4) is 10.4 Å². The van der Waals surface area contributed by atoms with Gasteiger partial charge in [-0.15, -0.1) is 11.3 Å². The Labute approximate surface area is 160 Å². The molecule has 1 aromatic heterocycles. The van der Waals surface area contributed by atoms with Gasteiger partial charge in [0.05, 0.1) is 5.00 Å². The standard InChI is InChI=1S/C19H21F2N3O2S/c1-12(25)24-7-5-16(6-8-24)23(2)19(26)22-18-4-3-17(27-18)13-9-14(20)11-15(21)10-13/h3-4,9-11,16H,5-8H2,1-2H3,(H,22,26). The third-order valence-corrected chi connectivity index (χ3v) is 5.81. The molecular weight excluding hydrogens is 372 g/mol. The first kappa shape index (κ1) is 19.3. The van der Waals surface area contributed by atoms with Crippen LogP contribution in [0.3, 0.4) is 0 Å². The Morgan fingerprint density at radius 3 is 2.37 bits per heavy atom. The number of anilines is 1. The highest BCUT2D eigenvalue weighted by molar-refractivity contribution is 7.19. The molecule has 2 aromatic rings. The molecule has 27 heavy (non-hydrogen) atoms. The van der Waals surface area contributed by atoms with E-state index in [0.717, 1.165) is 18.9 Å². The second-order valence-corrected chi connectivity index (χ2v) is 7.68. The Kier molecular flexibility index (Phi) is 5.74. The van der Waals surface area contributed by atoms with Crippen molar-refractivity contribution in [1.82, 2.24) is 9.80 Å². The molecular formula is C19H21F2N3O2S. The first-order valence-electron chi connectivity index (χ1n) is 8.69. The molecule has 1 fully saturated rings. The molecule has 0 radical (unpaired) electrons. The van der Waals surface area contributed by atoms with Crippen LogP contribution in [0, 0.1) is 11.6 Å². The Morgan fingerprint density at radius 2 is 1.78 bits per heavy atom. The highest BCUT2D eigenvalue weighted by atomic mass is 32.1. The van der Waals surface area contributed by atoms with Gasteiger partial charge in [-0.1, -0.05) is 0 Å². The molecule has 0 spiro atoms. The Morgan fingerprint density at radius 1 is 1.15 bits per heavy atom. The minimum Gasteiger partial charge on any atom is -0.343 e. The van der Waals surface area contributed by atoms with Crippen LogP contribution in [0.1, 0.15) is 19.8 Å². The summed E-state index contributed by atoms with van der Waals surface area (Å²) in [6.07, 6.45) is 1.48. The number of carbonyl (C=O) groups is 2. The average Bonchev–Trinajstić information content (AvgIpc) is 3.09. The van der Waals surface area contributed by atoms with Crippen LogP contribution >= 0.6 is 11.3 Å². The van der Waals surface area contributed by atoms with Crippen LogP contribution in [0.2, 0.25) is 0 Å². The van der Waals surface area contributed by atoms with Gasteiger partial charge in [0.15, 0.2) is 0 Å². The van der Waals surface area contributed by atoms with Gasteiger partial charge >= 0.3 is 6.03 Å². The predicted molar refractivity (Wildman–Crippen MR) is 102 cm³/mol. The van der Waals surface area contributed by atoms with E-state index in [1.807, 2.05) is 0 Å². The van der Waals surface area contributed by atoms with Crippen molar-refractivity contribution in [2.45, 2.75) is 25.8 Å². The molecule has 1 aromatic carbocycles. The number of nitrogens with zero attached hydrogens (tertiary/aromatic N) is 2. The first-order chi connectivity index (χ1) is 12.8. The maximum atomic E-state index is 13.4. The highest BCUT2D eigenvalue weighted by Crippen LogP contribution is 2.32. The monoisotopic (exact) mass is 393 g/mol. The number of amides is 3. The zero-order chi connectivity index (χ0) is 19.6. The van der Waals surface area contributed by atoms with E-state index in [2.05, 4.69) is 5.32 Å². The van der Waals surface area contributed by atoms with Gasteiger partial charge < -0.3 is 9.80 Å². The fourth-order valence-electron chi connectivity index (χ4n) is 3.18. The summed E-state index contributed by atoms with van der Waals surface area (Å²) in [5.41, 5.74) is 0.433. The lowest BCUT2D eigenvalue weighted by Gasteiger charge is -2.36. The average molecular weight is 393 g/mol. The molecule has 8 heteroatoms. The number of piperidine rings is 1. The Hall–Kier alpha value is -2.48. The second-order valence-electron chi connectivity index (χ2n) is 6.60. The Bertz CT molecular complexity index is 827. The number of nitrogens with one attached hydrogen (secondary N) is 1. The van der Waals surface area contributed by atoms with Crippen molar-refractivity contribution in [2.24, 2.45) is 0 Å². The van der Waals surface area contributed by atoms with E-state index in [0.29, 0.717) is 28.5 Å². The molecule has 3 amide bonds. The molecule has 0 atom stereocenters. The summed E-state index contributed by atoms with van der Waals surface area (Å²) >= 11 is 1.26. The molecule has 3 rings (SSSR count). The lowest BCUT2D eigenvalue weighted by atomic mass is 10.0. The third kappa shape index (κ3) is 4.63. The highest BCUT2D eigenvalue weighted by Gasteiger charge is 2.26. The summed E-state index contributed by atoms with van der Waals surface area (Å²) in [5, 5.41) is 3.43. The molecule has 1 aliphatic rings. The number of hydrogen-bond donors (Lipinski definition) is 1. The van der Waals surface area contributed by atoms with Crippen LogP contribution in [0.4, 0.5) is 18.6 Å². The number of benzene rings is 1. The van der Waals surface area contributed by atoms with Crippen molar-refractivity contribution >= 4 is 28.3 Å². The fourth-order valence-corrected chi connectivity index (χ4v) is 4.07. The number of rotatable bonds is 3. The van der Waals surface area contributed by atoms with Gasteiger partial charge in [0, 0.05) is 44.0 Å². The first-order valence-corrected chi connectivity index (χ1v) is 9.51. The van der Waals surface area contributed by atoms with Gasteiger partial charge in [-0.2, -0.15) is 0 Å². The van der Waals surface area contributed by atoms with Crippen LogP contribution in [0.25, 0.3) is 10.4 Å². The van der Waals surface area contributed by atoms with Crippen LogP contribution in [0.5, 0.6) is 0 Å². The molecule has 2 heterocycles. The normalized spacial score (nSPS) is 14.9. The molecule has 144 valence electrons. The topological polar surface area (TPSA) is 52.7 Å². The number of thiophene rings is 1. The minimum atomic E-state index is -0.638. The zero-order valence-corrected chi connectivity index (χ0v) is 16.0. The molecule has 0 unspecified atom stereocenters. The smallest absolute Gasteiger partial charge is 0.322 e. The summed E-state index contributed by atoms with van der Waals surface area (Å²) in [4.78, 5) is 28.0. The van der Waals surface area contributed by atoms with Gasteiger partial charge in [0.2, 0.25) is 5.91 Å². The van der Waals surface area contributed by atoms with Gasteiger partial charge in [-0.3, -0.25) is 10.1 Å². The zero-order valence-electron chi connectivity index (χ0n) is 15.2. The molecule has 1 saturated heterocycles. The molecule has 0 bridgehead atoms. The van der Waals surface area contributed by atoms with Crippen molar-refractivity contribution in [1.29, 1.82) is 0 Å². The lowest BCUT2D eigenvalue weighted by Crippen LogP contribution is -2.47. The molecule has 0 aliphatic carbocycles. The number of hydrogen-bond acceptors (Lipinski definition) is 3. The third-order valence-electron chi connectivity index (χ3n) is 4.76. The number of halogens is 2. The lowest BCUT2D eigenvalue weighted by molar-refractivity contribution is -0.130. The number of likely N-dealkylation sites (tertiary alicyclic amines) is 1. The van der Waals surface area contributed by atoms with Crippen molar-refractivity contribution < 1.29 is 18.4 Å². The predicted octanol–water partition coefficient (Wildman–Crippen LogP) is 4.17. The van der Waals surface area contributed by atoms with Crippen molar-refractivity contribution in [3.05, 3.63) is 42.0 Å². The van der Waals surface area contributed by atoms with Crippen molar-refractivity contribution in [3.63, 3.8) is 0 Å². The summed E-state index contributed by atoms with van der Waals surface area (Å²) in [6.45, 7) is 2.84. The SMILES string of the molecule is CC(=O)N1CCC(N(C)C(=O)Nc2ccc(-c3cc(F)cc(F)c3)s2)CC1. The van der Waals surface area contributed by atoms with E-state index in [9.17, 15) is 18.4 Å². The molecule has 5 nitrogen and oxygen atoms in total. The van der Waals surface area contributed by atoms with Gasteiger partial charge in [-0.25, -0.2) is 13.6 Å². The van der Waals surface area contributed by atoms with Crippen LogP contribution in [0.15, 0.2) is 30.3 Å². The largest absolute Gasteiger partial charge is 0.343 e. The fraction of sp³-hybridized carbons (Fsp3) is 0.368. The van der Waals surface area contributed by atoms with Gasteiger partial charge in [0.25, 0.3) is 0 Å². The van der Waals surface area contributed by atoms with Gasteiger partial charge in [0.1, 0.15) is 11.6 Å². The van der Waals surface area contributed by atoms with E-state index in [1.54, 1.807) is 35.9 Å². The summed E-state index contributed by atoms with van der Waals surface area (Å²) in [7, 11) is 1.74. The van der Waals surface area contributed by atoms with E-state index in [-0.39, 0.29) is 18.0 Å². The number of carbonyl (C=O) groups excluding carboxylic acids is 2. The van der Waals surface area contributed by atoms with E-state index in [4.69, 9.17) is 0 Å². The van der Waals surface area contributed by atoms with Crippen LogP contribution in [-0.2, 0) is 4.79 Å². The maximum absolute atomic E-state index is 13.4. The Balaban J connectivity index is 1.61. The van der Waals surface area contributed by atoms with E-state index in [1.165, 1.54) is 23.5 Å². The van der Waals surface area contributed by atoms with E-state index < -0.39 is 11.6 Å². The van der Waals surface area contributed by atoms with Gasteiger partial charge in [-0.05, 0) is 42.7 Å². The van der Waals surface area contributed by atoms with Crippen LogP contribution in [-0.4, -0.2) is 47.9 Å². The minimum absolute atomic E-state index is 0.0560. The molecule has 0 saturated carbocycles. The summed E-state index contributed by atoms with van der Waals surface area (Å²) < 4.78 is 26.8. The second kappa shape index (κ2) is 8.04. The molecule has 1 aliphatic heterocycles. The van der Waals surface area contributed by atoms with Crippen LogP contribution < -0.4 is 5.32 Å². The number of urea groups is 1. The molecule has 1 N–H and O–H groups in total. The summed E-state index contributed by atoms with van der Waals surface area (Å²) in [6, 6.07) is 6.61. The summed E-state index contributed by atoms with van der Waals surface area (Å²) in [5.74, 6) is -1.22. The van der Waals surface area contributed by atoms with E-state index >= 15 is 0 Å². The maximum Gasteiger partial charge on any atom is 0.322 e.